The van der Waals surface area contributed by atoms with Gasteiger partial charge in [0.25, 0.3) is 0 Å². The molecule has 1 heterocycles. The molecule has 5 nitrogen and oxygen atoms in total. The van der Waals surface area contributed by atoms with Crippen molar-refractivity contribution in [1.29, 1.82) is 0 Å². The van der Waals surface area contributed by atoms with E-state index in [0.29, 0.717) is 23.0 Å². The van der Waals surface area contributed by atoms with Crippen molar-refractivity contribution in [2.75, 3.05) is 27.4 Å². The van der Waals surface area contributed by atoms with Crippen LogP contribution in [0.3, 0.4) is 0 Å². The van der Waals surface area contributed by atoms with E-state index in [4.69, 9.17) is 19.9 Å². The molecule has 0 unspecified atom stereocenters. The van der Waals surface area contributed by atoms with Gasteiger partial charge in [-0.25, -0.2) is 0 Å². The lowest BCUT2D eigenvalue weighted by molar-refractivity contribution is 0.0578. The molecule has 0 aliphatic carbocycles. The number of hydrogen-bond donors (Lipinski definition) is 2. The highest BCUT2D eigenvalue weighted by Gasteiger charge is 2.27. The maximum atomic E-state index is 10.2. The van der Waals surface area contributed by atoms with Crippen molar-refractivity contribution < 1.29 is 19.3 Å². The Morgan fingerprint density at radius 3 is 2.45 bits per heavy atom. The molecule has 1 aliphatic rings. The number of nitrogens with two attached hydrogens (primary N) is 1. The van der Waals surface area contributed by atoms with E-state index in [9.17, 15) is 5.11 Å². The van der Waals surface area contributed by atoms with Gasteiger partial charge in [-0.1, -0.05) is 0 Å². The first-order valence-electron chi connectivity index (χ1n) is 6.45. The average Bonchev–Trinajstić information content (AvgIpc) is 2.46. The number of aromatic hydroxyl groups is 1. The van der Waals surface area contributed by atoms with Crippen LogP contribution in [0.2, 0.25) is 0 Å². The number of phenols is 1. The SMILES string of the molecule is COc1cc(O)c([C@@H](N)C2CCOCC2)c(OC)c1.Cl. The van der Waals surface area contributed by atoms with E-state index in [2.05, 4.69) is 0 Å². The number of halogens is 1. The van der Waals surface area contributed by atoms with Crippen molar-refractivity contribution in [2.45, 2.75) is 18.9 Å². The molecule has 0 bridgehead atoms. The maximum absolute atomic E-state index is 10.2. The van der Waals surface area contributed by atoms with Crippen LogP contribution in [-0.4, -0.2) is 32.5 Å². The van der Waals surface area contributed by atoms with Crippen LogP contribution in [-0.2, 0) is 4.74 Å². The topological polar surface area (TPSA) is 73.9 Å². The summed E-state index contributed by atoms with van der Waals surface area (Å²) in [6.07, 6.45) is 1.80. The van der Waals surface area contributed by atoms with Crippen LogP contribution in [0.5, 0.6) is 17.2 Å². The minimum Gasteiger partial charge on any atom is -0.507 e. The summed E-state index contributed by atoms with van der Waals surface area (Å²) in [5.74, 6) is 1.53. The predicted molar refractivity (Wildman–Crippen MR) is 78.9 cm³/mol. The van der Waals surface area contributed by atoms with Gasteiger partial charge in [-0.05, 0) is 18.8 Å². The molecule has 1 atom stereocenters. The number of rotatable bonds is 4. The highest BCUT2D eigenvalue weighted by molar-refractivity contribution is 5.85. The Labute approximate surface area is 125 Å². The lowest BCUT2D eigenvalue weighted by Crippen LogP contribution is -2.27. The number of hydrogen-bond acceptors (Lipinski definition) is 5. The molecule has 1 aromatic rings. The summed E-state index contributed by atoms with van der Waals surface area (Å²) in [6.45, 7) is 1.44. The zero-order valence-electron chi connectivity index (χ0n) is 11.8. The Hall–Kier alpha value is -1.17. The molecule has 0 radical (unpaired) electrons. The highest BCUT2D eigenvalue weighted by Crippen LogP contribution is 2.41. The Bertz CT molecular complexity index is 435. The van der Waals surface area contributed by atoms with Gasteiger partial charge in [0.05, 0.1) is 19.8 Å². The molecule has 0 aromatic heterocycles. The molecule has 20 heavy (non-hydrogen) atoms. The van der Waals surface area contributed by atoms with E-state index in [-0.39, 0.29) is 24.2 Å². The molecule has 3 N–H and O–H groups in total. The Kier molecular flexibility index (Phi) is 6.39. The van der Waals surface area contributed by atoms with Crippen LogP contribution in [0, 0.1) is 5.92 Å². The van der Waals surface area contributed by atoms with Crippen molar-refractivity contribution in [3.8, 4) is 17.2 Å². The monoisotopic (exact) mass is 303 g/mol. The van der Waals surface area contributed by atoms with E-state index in [1.54, 1.807) is 26.4 Å². The van der Waals surface area contributed by atoms with Crippen molar-refractivity contribution in [3.63, 3.8) is 0 Å². The lowest BCUT2D eigenvalue weighted by Gasteiger charge is -2.29. The zero-order chi connectivity index (χ0) is 13.8. The number of ether oxygens (including phenoxy) is 3. The second-order valence-corrected chi connectivity index (χ2v) is 4.74. The third kappa shape index (κ3) is 3.48. The highest BCUT2D eigenvalue weighted by atomic mass is 35.5. The fourth-order valence-corrected chi connectivity index (χ4v) is 2.52. The van der Waals surface area contributed by atoms with E-state index < -0.39 is 0 Å². The Morgan fingerprint density at radius 2 is 1.90 bits per heavy atom. The molecule has 6 heteroatoms. The molecular weight excluding hydrogens is 282 g/mol. The van der Waals surface area contributed by atoms with Crippen LogP contribution >= 0.6 is 12.4 Å². The van der Waals surface area contributed by atoms with Gasteiger partial charge < -0.3 is 25.1 Å². The van der Waals surface area contributed by atoms with Crippen molar-refractivity contribution in [1.82, 2.24) is 0 Å². The van der Waals surface area contributed by atoms with Gasteiger partial charge in [0.1, 0.15) is 17.2 Å². The smallest absolute Gasteiger partial charge is 0.131 e. The summed E-state index contributed by atoms with van der Waals surface area (Å²) < 4.78 is 15.8. The van der Waals surface area contributed by atoms with Gasteiger partial charge in [-0.15, -0.1) is 12.4 Å². The first-order chi connectivity index (χ1) is 9.17. The van der Waals surface area contributed by atoms with E-state index >= 15 is 0 Å². The molecule has 2 rings (SSSR count). The molecule has 0 saturated carbocycles. The third-order valence-electron chi connectivity index (χ3n) is 3.66. The van der Waals surface area contributed by atoms with E-state index in [0.717, 1.165) is 26.1 Å². The van der Waals surface area contributed by atoms with Gasteiger partial charge in [0.2, 0.25) is 0 Å². The molecule has 1 aliphatic heterocycles. The largest absolute Gasteiger partial charge is 0.507 e. The van der Waals surface area contributed by atoms with Crippen LogP contribution in [0.4, 0.5) is 0 Å². The molecule has 0 spiro atoms. The first-order valence-corrected chi connectivity index (χ1v) is 6.45. The number of benzene rings is 1. The van der Waals surface area contributed by atoms with Crippen molar-refractivity contribution >= 4 is 12.4 Å². The van der Waals surface area contributed by atoms with E-state index in [1.807, 2.05) is 0 Å². The van der Waals surface area contributed by atoms with Crippen LogP contribution in [0.25, 0.3) is 0 Å². The van der Waals surface area contributed by atoms with Gasteiger partial charge in [-0.2, -0.15) is 0 Å². The second kappa shape index (κ2) is 7.57. The van der Waals surface area contributed by atoms with Gasteiger partial charge in [0, 0.05) is 31.4 Å². The standard InChI is InChI=1S/C14H21NO4.ClH/c1-17-10-7-11(16)13(12(8-10)18-2)14(15)9-3-5-19-6-4-9;/h7-9,14,16H,3-6,15H2,1-2H3;1H/t14-;/m0./s1. The summed E-state index contributed by atoms with van der Waals surface area (Å²) in [5.41, 5.74) is 6.95. The number of phenolic OH excluding ortho intramolecular Hbond substituents is 1. The van der Waals surface area contributed by atoms with Gasteiger partial charge >= 0.3 is 0 Å². The molecule has 1 fully saturated rings. The lowest BCUT2D eigenvalue weighted by atomic mass is 9.87. The van der Waals surface area contributed by atoms with Gasteiger partial charge in [-0.3, -0.25) is 0 Å². The number of methoxy groups -OCH3 is 2. The molecule has 0 amide bonds. The molecule has 1 aromatic carbocycles. The van der Waals surface area contributed by atoms with Crippen molar-refractivity contribution in [3.05, 3.63) is 17.7 Å². The minimum absolute atomic E-state index is 0. The average molecular weight is 304 g/mol. The third-order valence-corrected chi connectivity index (χ3v) is 3.66. The molecule has 114 valence electrons. The van der Waals surface area contributed by atoms with Crippen LogP contribution < -0.4 is 15.2 Å². The Morgan fingerprint density at radius 1 is 1.25 bits per heavy atom. The predicted octanol–water partition coefficient (Wildman–Crippen LogP) is 2.26. The fourth-order valence-electron chi connectivity index (χ4n) is 2.52. The summed E-state index contributed by atoms with van der Waals surface area (Å²) in [7, 11) is 3.11. The maximum Gasteiger partial charge on any atom is 0.131 e. The van der Waals surface area contributed by atoms with Crippen molar-refractivity contribution in [2.24, 2.45) is 11.7 Å². The quantitative estimate of drug-likeness (QED) is 0.892. The molecular formula is C14H22ClNO4. The Balaban J connectivity index is 0.00000200. The molecule has 1 saturated heterocycles. The van der Waals surface area contributed by atoms with Crippen LogP contribution in [0.1, 0.15) is 24.4 Å². The fraction of sp³-hybridized carbons (Fsp3) is 0.571. The summed E-state index contributed by atoms with van der Waals surface area (Å²) >= 11 is 0. The second-order valence-electron chi connectivity index (χ2n) is 4.74. The first kappa shape index (κ1) is 16.9. The zero-order valence-corrected chi connectivity index (χ0v) is 12.6. The van der Waals surface area contributed by atoms with Crippen LogP contribution in [0.15, 0.2) is 12.1 Å². The summed E-state index contributed by atoms with van der Waals surface area (Å²) in [6, 6.07) is 3.05. The normalized spacial score (nSPS) is 17.1. The van der Waals surface area contributed by atoms with E-state index in [1.165, 1.54) is 0 Å². The minimum atomic E-state index is -0.259. The summed E-state index contributed by atoms with van der Waals surface area (Å²) in [4.78, 5) is 0. The van der Waals surface area contributed by atoms with Gasteiger partial charge in [0.15, 0.2) is 0 Å². The summed E-state index contributed by atoms with van der Waals surface area (Å²) in [5, 5.41) is 10.2.